The number of carbonyl (C=O) groups is 1. The van der Waals surface area contributed by atoms with Crippen LogP contribution in [0.25, 0.3) is 0 Å². The lowest BCUT2D eigenvalue weighted by Crippen LogP contribution is -2.28. The molecule has 0 aliphatic heterocycles. The molecule has 0 aliphatic rings. The van der Waals surface area contributed by atoms with Gasteiger partial charge in [0.2, 0.25) is 5.95 Å². The van der Waals surface area contributed by atoms with Gasteiger partial charge >= 0.3 is 6.09 Å². The fourth-order valence-electron chi connectivity index (χ4n) is 0.951. The smallest absolute Gasteiger partial charge is 0.414 e. The van der Waals surface area contributed by atoms with E-state index in [9.17, 15) is 9.18 Å². The van der Waals surface area contributed by atoms with Crippen LogP contribution in [-0.4, -0.2) is 21.7 Å². The summed E-state index contributed by atoms with van der Waals surface area (Å²) in [6, 6.07) is 0. The average Bonchev–Trinajstić information content (AvgIpc) is 2.18. The average molecular weight is 262 g/mol. The van der Waals surface area contributed by atoms with Crippen molar-refractivity contribution in [1.82, 2.24) is 9.97 Å². The van der Waals surface area contributed by atoms with Crippen molar-refractivity contribution in [3.05, 3.63) is 17.7 Å². The van der Waals surface area contributed by atoms with Gasteiger partial charge in [-0.25, -0.2) is 19.2 Å². The highest BCUT2D eigenvalue weighted by Gasteiger charge is 2.17. The number of nitrogens with one attached hydrogen (secondary N) is 1. The summed E-state index contributed by atoms with van der Waals surface area (Å²) in [5.74, 6) is -0.761. The molecule has 17 heavy (non-hydrogen) atoms. The number of hydrogen-bond donors (Lipinski definition) is 1. The second kappa shape index (κ2) is 5.27. The minimum Gasteiger partial charge on any atom is -0.444 e. The van der Waals surface area contributed by atoms with Crippen molar-refractivity contribution in [3.63, 3.8) is 0 Å². The number of ether oxygens (including phenoxy) is 1. The van der Waals surface area contributed by atoms with Crippen LogP contribution in [0, 0.1) is 5.82 Å². The van der Waals surface area contributed by atoms with Crippen LogP contribution in [0.15, 0.2) is 6.20 Å². The summed E-state index contributed by atoms with van der Waals surface area (Å²) in [5, 5.41) is 2.29. The number of halogens is 2. The van der Waals surface area contributed by atoms with Crippen LogP contribution in [0.3, 0.4) is 0 Å². The van der Waals surface area contributed by atoms with E-state index in [0.717, 1.165) is 6.20 Å². The van der Waals surface area contributed by atoms with Gasteiger partial charge in [-0.2, -0.15) is 0 Å². The largest absolute Gasteiger partial charge is 0.444 e. The van der Waals surface area contributed by atoms with Crippen LogP contribution in [-0.2, 0) is 10.6 Å². The molecule has 7 heteroatoms. The fraction of sp³-hybridized carbons (Fsp3) is 0.500. The fourth-order valence-corrected chi connectivity index (χ4v) is 1.14. The highest BCUT2D eigenvalue weighted by atomic mass is 35.5. The minimum atomic E-state index is -0.704. The van der Waals surface area contributed by atoms with E-state index in [1.54, 1.807) is 20.8 Å². The lowest BCUT2D eigenvalue weighted by atomic mass is 10.2. The predicted molar refractivity (Wildman–Crippen MR) is 61.4 cm³/mol. The van der Waals surface area contributed by atoms with E-state index in [0.29, 0.717) is 0 Å². The van der Waals surface area contributed by atoms with Crippen LogP contribution in [0.4, 0.5) is 15.1 Å². The van der Waals surface area contributed by atoms with Gasteiger partial charge < -0.3 is 4.74 Å². The lowest BCUT2D eigenvalue weighted by Gasteiger charge is -2.19. The van der Waals surface area contributed by atoms with Crippen molar-refractivity contribution >= 4 is 23.6 Å². The van der Waals surface area contributed by atoms with Crippen LogP contribution in [0.1, 0.15) is 26.5 Å². The number of anilines is 1. The van der Waals surface area contributed by atoms with Crippen LogP contribution < -0.4 is 5.32 Å². The predicted octanol–water partition coefficient (Wildman–Crippen LogP) is 2.70. The van der Waals surface area contributed by atoms with Gasteiger partial charge in [0.25, 0.3) is 0 Å². The van der Waals surface area contributed by atoms with Gasteiger partial charge in [0, 0.05) is 0 Å². The number of alkyl halides is 1. The monoisotopic (exact) mass is 261 g/mol. The molecule has 0 unspecified atom stereocenters. The molecule has 1 amide bonds. The van der Waals surface area contributed by atoms with Crippen molar-refractivity contribution in [1.29, 1.82) is 0 Å². The van der Waals surface area contributed by atoms with E-state index in [1.807, 2.05) is 0 Å². The van der Waals surface area contributed by atoms with Gasteiger partial charge in [0.05, 0.1) is 17.8 Å². The minimum absolute atomic E-state index is 0.0210. The first-order valence-electron chi connectivity index (χ1n) is 4.89. The number of nitrogens with zero attached hydrogens (tertiary/aromatic N) is 2. The molecule has 0 saturated heterocycles. The van der Waals surface area contributed by atoms with Crippen molar-refractivity contribution in [3.8, 4) is 0 Å². The molecule has 0 aromatic carbocycles. The molecule has 0 saturated carbocycles. The molecule has 1 heterocycles. The third kappa shape index (κ3) is 4.52. The second-order valence-corrected chi connectivity index (χ2v) is 4.52. The number of hydrogen-bond acceptors (Lipinski definition) is 4. The van der Waals surface area contributed by atoms with E-state index in [2.05, 4.69) is 15.3 Å². The number of rotatable bonds is 2. The Kier molecular flexibility index (Phi) is 4.22. The van der Waals surface area contributed by atoms with E-state index in [-0.39, 0.29) is 17.5 Å². The first-order valence-corrected chi connectivity index (χ1v) is 5.42. The van der Waals surface area contributed by atoms with Crippen molar-refractivity contribution < 1.29 is 13.9 Å². The Balaban J connectivity index is 2.72. The molecule has 0 aliphatic carbocycles. The molecule has 0 radical (unpaired) electrons. The first kappa shape index (κ1) is 13.6. The number of aromatic nitrogens is 2. The molecular weight excluding hydrogens is 249 g/mol. The summed E-state index contributed by atoms with van der Waals surface area (Å²) in [5.41, 5.74) is -0.605. The van der Waals surface area contributed by atoms with Gasteiger partial charge in [0.15, 0.2) is 5.82 Å². The third-order valence-corrected chi connectivity index (χ3v) is 1.81. The van der Waals surface area contributed by atoms with Crippen LogP contribution in [0.2, 0.25) is 0 Å². The molecule has 1 rings (SSSR count). The summed E-state index contributed by atoms with van der Waals surface area (Å²) in [6.07, 6.45) is 0.238. The van der Waals surface area contributed by atoms with E-state index >= 15 is 0 Å². The molecule has 0 atom stereocenters. The zero-order chi connectivity index (χ0) is 13.1. The van der Waals surface area contributed by atoms with Gasteiger partial charge in [-0.15, -0.1) is 11.6 Å². The van der Waals surface area contributed by atoms with Gasteiger partial charge in [-0.05, 0) is 20.8 Å². The summed E-state index contributed by atoms with van der Waals surface area (Å²) in [6.45, 7) is 5.17. The van der Waals surface area contributed by atoms with Crippen molar-refractivity contribution in [2.75, 3.05) is 5.32 Å². The molecule has 94 valence electrons. The van der Waals surface area contributed by atoms with Gasteiger partial charge in [0.1, 0.15) is 5.60 Å². The molecule has 5 nitrogen and oxygen atoms in total. The van der Waals surface area contributed by atoms with Crippen molar-refractivity contribution in [2.24, 2.45) is 0 Å². The normalized spacial score (nSPS) is 11.1. The molecule has 1 aromatic heterocycles. The molecule has 0 spiro atoms. The molecule has 1 N–H and O–H groups in total. The number of carbonyl (C=O) groups excluding carboxylic acids is 1. The maximum Gasteiger partial charge on any atom is 0.414 e. The summed E-state index contributed by atoms with van der Waals surface area (Å²) in [7, 11) is 0. The quantitative estimate of drug-likeness (QED) is 0.832. The highest BCUT2D eigenvalue weighted by Crippen LogP contribution is 2.11. The number of amides is 1. The molecular formula is C10H13ClFN3O2. The Labute approximate surface area is 103 Å². The molecule has 0 bridgehead atoms. The maximum atomic E-state index is 13.0. The lowest BCUT2D eigenvalue weighted by molar-refractivity contribution is 0.0634. The Morgan fingerprint density at radius 1 is 1.59 bits per heavy atom. The van der Waals surface area contributed by atoms with Crippen molar-refractivity contribution in [2.45, 2.75) is 32.3 Å². The Hall–Kier alpha value is -1.43. The SMILES string of the molecule is CC(C)(C)OC(=O)Nc1ncc(F)c(CCl)n1. The second-order valence-electron chi connectivity index (χ2n) is 4.25. The molecule has 0 fully saturated rings. The highest BCUT2D eigenvalue weighted by molar-refractivity contribution is 6.16. The summed E-state index contributed by atoms with van der Waals surface area (Å²) >= 11 is 5.47. The third-order valence-electron chi connectivity index (χ3n) is 1.56. The Morgan fingerprint density at radius 3 is 2.76 bits per heavy atom. The zero-order valence-corrected chi connectivity index (χ0v) is 10.5. The topological polar surface area (TPSA) is 64.1 Å². The summed E-state index contributed by atoms with van der Waals surface area (Å²) < 4.78 is 18.0. The maximum absolute atomic E-state index is 13.0. The zero-order valence-electron chi connectivity index (χ0n) is 9.75. The first-order chi connectivity index (χ1) is 7.81. The van der Waals surface area contributed by atoms with E-state index in [4.69, 9.17) is 16.3 Å². The summed E-state index contributed by atoms with van der Waals surface area (Å²) in [4.78, 5) is 18.7. The Bertz CT molecular complexity index is 421. The van der Waals surface area contributed by atoms with Gasteiger partial charge in [-0.3, -0.25) is 5.32 Å². The Morgan fingerprint density at radius 2 is 2.24 bits per heavy atom. The van der Waals surface area contributed by atoms with Gasteiger partial charge in [-0.1, -0.05) is 0 Å². The molecule has 1 aromatic rings. The van der Waals surface area contributed by atoms with Crippen LogP contribution >= 0.6 is 11.6 Å². The van der Waals surface area contributed by atoms with Crippen LogP contribution in [0.5, 0.6) is 0 Å². The standard InChI is InChI=1S/C10H13ClFN3O2/c1-10(2,3)17-9(16)15-8-13-5-6(12)7(4-11)14-8/h5H,4H2,1-3H3,(H,13,14,15,16). The van der Waals surface area contributed by atoms with E-state index in [1.165, 1.54) is 0 Å². The van der Waals surface area contributed by atoms with E-state index < -0.39 is 17.5 Å².